The van der Waals surface area contributed by atoms with E-state index < -0.39 is 0 Å². The summed E-state index contributed by atoms with van der Waals surface area (Å²) in [5.74, 6) is 1.43. The van der Waals surface area contributed by atoms with Crippen molar-refractivity contribution in [3.63, 3.8) is 0 Å². The summed E-state index contributed by atoms with van der Waals surface area (Å²) in [7, 11) is 4.06. The van der Waals surface area contributed by atoms with Crippen molar-refractivity contribution in [2.24, 2.45) is 4.99 Å². The number of halogens is 1. The highest BCUT2D eigenvalue weighted by molar-refractivity contribution is 5.79. The van der Waals surface area contributed by atoms with Crippen molar-refractivity contribution in [1.29, 1.82) is 0 Å². The van der Waals surface area contributed by atoms with E-state index >= 15 is 0 Å². The predicted molar refractivity (Wildman–Crippen MR) is 121 cm³/mol. The van der Waals surface area contributed by atoms with Crippen molar-refractivity contribution >= 4 is 5.96 Å². The summed E-state index contributed by atoms with van der Waals surface area (Å²) >= 11 is 0. The highest BCUT2D eigenvalue weighted by Gasteiger charge is 2.23. The SMILES string of the molecule is CCNC(=NCC(c1ccc(F)cc1)N1CCOCC1)NCC(c1ccco1)N(C)C. The minimum absolute atomic E-state index is 0.0645. The van der Waals surface area contributed by atoms with Crippen LogP contribution in [0.4, 0.5) is 4.39 Å². The van der Waals surface area contributed by atoms with E-state index in [1.807, 2.05) is 45.3 Å². The zero-order chi connectivity index (χ0) is 22.1. The molecule has 170 valence electrons. The lowest BCUT2D eigenvalue weighted by molar-refractivity contribution is 0.0179. The fourth-order valence-electron chi connectivity index (χ4n) is 3.74. The van der Waals surface area contributed by atoms with E-state index in [9.17, 15) is 4.39 Å². The molecular formula is C23H34FN5O2. The fourth-order valence-corrected chi connectivity index (χ4v) is 3.74. The quantitative estimate of drug-likeness (QED) is 0.470. The first kappa shape index (κ1) is 23.2. The van der Waals surface area contributed by atoms with Crippen LogP contribution in [0.2, 0.25) is 0 Å². The van der Waals surface area contributed by atoms with Gasteiger partial charge < -0.3 is 19.8 Å². The Morgan fingerprint density at radius 2 is 1.90 bits per heavy atom. The van der Waals surface area contributed by atoms with Crippen LogP contribution in [0.15, 0.2) is 52.1 Å². The Bertz CT molecular complexity index is 789. The molecule has 0 spiro atoms. The molecule has 0 saturated carbocycles. The van der Waals surface area contributed by atoms with Crippen molar-refractivity contribution in [2.45, 2.75) is 19.0 Å². The number of nitrogens with zero attached hydrogens (tertiary/aromatic N) is 3. The molecule has 7 nitrogen and oxygen atoms in total. The first-order valence-corrected chi connectivity index (χ1v) is 10.9. The third-order valence-electron chi connectivity index (χ3n) is 5.47. The third-order valence-corrected chi connectivity index (χ3v) is 5.47. The highest BCUT2D eigenvalue weighted by atomic mass is 19.1. The zero-order valence-corrected chi connectivity index (χ0v) is 18.7. The van der Waals surface area contributed by atoms with E-state index in [1.165, 1.54) is 12.1 Å². The van der Waals surface area contributed by atoms with Crippen LogP contribution in [0.1, 0.15) is 30.3 Å². The lowest BCUT2D eigenvalue weighted by atomic mass is 10.0. The first-order chi connectivity index (χ1) is 15.1. The highest BCUT2D eigenvalue weighted by Crippen LogP contribution is 2.23. The van der Waals surface area contributed by atoms with Gasteiger partial charge in [-0.2, -0.15) is 0 Å². The summed E-state index contributed by atoms with van der Waals surface area (Å²) in [6, 6.07) is 10.8. The van der Waals surface area contributed by atoms with E-state index in [2.05, 4.69) is 20.4 Å². The molecule has 0 aliphatic carbocycles. The van der Waals surface area contributed by atoms with Crippen LogP contribution in [0.5, 0.6) is 0 Å². The number of hydrogen-bond acceptors (Lipinski definition) is 5. The number of morpholine rings is 1. The molecule has 1 aliphatic heterocycles. The van der Waals surface area contributed by atoms with Gasteiger partial charge in [0.05, 0.1) is 38.1 Å². The smallest absolute Gasteiger partial charge is 0.191 e. The van der Waals surface area contributed by atoms with Crippen molar-refractivity contribution in [3.8, 4) is 0 Å². The summed E-state index contributed by atoms with van der Waals surface area (Å²) in [5, 5.41) is 6.77. The fraction of sp³-hybridized carbons (Fsp3) is 0.522. The molecule has 2 heterocycles. The molecule has 2 N–H and O–H groups in total. The Kier molecular flexibility index (Phi) is 8.87. The van der Waals surface area contributed by atoms with Crippen LogP contribution in [0.25, 0.3) is 0 Å². The zero-order valence-electron chi connectivity index (χ0n) is 18.7. The predicted octanol–water partition coefficient (Wildman–Crippen LogP) is 2.65. The molecule has 1 aromatic carbocycles. The number of aliphatic imine (C=N–C) groups is 1. The van der Waals surface area contributed by atoms with E-state index in [0.717, 1.165) is 36.9 Å². The Balaban J connectivity index is 1.72. The van der Waals surface area contributed by atoms with Gasteiger partial charge in [0.1, 0.15) is 11.6 Å². The molecule has 0 radical (unpaired) electrons. The Morgan fingerprint density at radius 1 is 1.16 bits per heavy atom. The maximum absolute atomic E-state index is 13.5. The van der Waals surface area contributed by atoms with Crippen LogP contribution < -0.4 is 10.6 Å². The standard InChI is InChI=1S/C23H34FN5O2/c1-4-25-23(27-17-21(28(2)3)22-6-5-13-31-22)26-16-20(29-11-14-30-15-12-29)18-7-9-19(24)10-8-18/h5-10,13,20-21H,4,11-12,14-17H2,1-3H3,(H2,25,26,27). The molecule has 3 rings (SSSR count). The lowest BCUT2D eigenvalue weighted by Gasteiger charge is -2.34. The number of rotatable bonds is 9. The summed E-state index contributed by atoms with van der Waals surface area (Å²) in [4.78, 5) is 9.34. The van der Waals surface area contributed by atoms with E-state index in [0.29, 0.717) is 26.3 Å². The minimum Gasteiger partial charge on any atom is -0.468 e. The molecule has 0 bridgehead atoms. The summed E-state index contributed by atoms with van der Waals surface area (Å²) in [6.45, 7) is 7.11. The van der Waals surface area contributed by atoms with Gasteiger partial charge in [0, 0.05) is 26.2 Å². The molecule has 8 heteroatoms. The first-order valence-electron chi connectivity index (χ1n) is 10.9. The van der Waals surface area contributed by atoms with E-state index in [1.54, 1.807) is 6.26 Å². The number of furan rings is 1. The summed E-state index contributed by atoms with van der Waals surface area (Å²) < 4.78 is 24.6. The second kappa shape index (κ2) is 11.8. The van der Waals surface area contributed by atoms with Gasteiger partial charge >= 0.3 is 0 Å². The molecule has 1 aliphatic rings. The number of likely N-dealkylation sites (N-methyl/N-ethyl adjacent to an activating group) is 1. The topological polar surface area (TPSA) is 65.3 Å². The van der Waals surface area contributed by atoms with Crippen LogP contribution in [0.3, 0.4) is 0 Å². The van der Waals surface area contributed by atoms with Crippen molar-refractivity contribution < 1.29 is 13.5 Å². The number of hydrogen-bond donors (Lipinski definition) is 2. The largest absolute Gasteiger partial charge is 0.468 e. The molecule has 1 aromatic heterocycles. The Morgan fingerprint density at radius 3 is 2.52 bits per heavy atom. The van der Waals surface area contributed by atoms with E-state index in [4.69, 9.17) is 14.1 Å². The molecule has 2 unspecified atom stereocenters. The van der Waals surface area contributed by atoms with Crippen LogP contribution in [-0.4, -0.2) is 75.8 Å². The van der Waals surface area contributed by atoms with Gasteiger partial charge in [-0.1, -0.05) is 12.1 Å². The second-order valence-corrected chi connectivity index (χ2v) is 7.81. The summed E-state index contributed by atoms with van der Waals surface area (Å²) in [5.41, 5.74) is 1.06. The normalized spacial score (nSPS) is 17.5. The van der Waals surface area contributed by atoms with Crippen LogP contribution in [0, 0.1) is 5.82 Å². The van der Waals surface area contributed by atoms with Crippen LogP contribution >= 0.6 is 0 Å². The van der Waals surface area contributed by atoms with Gasteiger partial charge in [-0.15, -0.1) is 0 Å². The lowest BCUT2D eigenvalue weighted by Crippen LogP contribution is -2.43. The molecule has 2 atom stereocenters. The average molecular weight is 432 g/mol. The Hall–Kier alpha value is -2.42. The second-order valence-electron chi connectivity index (χ2n) is 7.81. The molecule has 2 aromatic rings. The van der Waals surface area contributed by atoms with Gasteiger partial charge in [-0.3, -0.25) is 14.8 Å². The maximum atomic E-state index is 13.5. The van der Waals surface area contributed by atoms with E-state index in [-0.39, 0.29) is 17.9 Å². The number of guanidine groups is 1. The monoisotopic (exact) mass is 431 g/mol. The molecule has 31 heavy (non-hydrogen) atoms. The van der Waals surface area contributed by atoms with Gasteiger partial charge in [0.2, 0.25) is 0 Å². The number of benzene rings is 1. The van der Waals surface area contributed by atoms with Gasteiger partial charge in [-0.05, 0) is 50.8 Å². The van der Waals surface area contributed by atoms with Crippen molar-refractivity contribution in [1.82, 2.24) is 20.4 Å². The summed E-state index contributed by atoms with van der Waals surface area (Å²) in [6.07, 6.45) is 1.70. The number of nitrogens with one attached hydrogen (secondary N) is 2. The number of ether oxygens (including phenoxy) is 1. The third kappa shape index (κ3) is 6.78. The molecule has 1 saturated heterocycles. The molecule has 0 amide bonds. The maximum Gasteiger partial charge on any atom is 0.191 e. The molecule has 1 fully saturated rings. The van der Waals surface area contributed by atoms with Gasteiger partial charge in [0.25, 0.3) is 0 Å². The Labute approximate surface area is 184 Å². The minimum atomic E-state index is -0.226. The van der Waals surface area contributed by atoms with Gasteiger partial charge in [0.15, 0.2) is 5.96 Å². The average Bonchev–Trinajstić information content (AvgIpc) is 3.30. The van der Waals surface area contributed by atoms with Crippen molar-refractivity contribution in [2.75, 3.05) is 60.0 Å². The van der Waals surface area contributed by atoms with Crippen LogP contribution in [-0.2, 0) is 4.74 Å². The van der Waals surface area contributed by atoms with Crippen molar-refractivity contribution in [3.05, 3.63) is 59.8 Å². The molecular weight excluding hydrogens is 397 g/mol. The van der Waals surface area contributed by atoms with Gasteiger partial charge in [-0.25, -0.2) is 4.39 Å².